The van der Waals surface area contributed by atoms with E-state index in [9.17, 15) is 0 Å². The lowest BCUT2D eigenvalue weighted by atomic mass is 9.91. The number of hydrazine groups is 1. The van der Waals surface area contributed by atoms with Crippen molar-refractivity contribution in [1.82, 2.24) is 15.6 Å². The van der Waals surface area contributed by atoms with E-state index in [-0.39, 0.29) is 0 Å². The van der Waals surface area contributed by atoms with Crippen LogP contribution in [0.25, 0.3) is 0 Å². The summed E-state index contributed by atoms with van der Waals surface area (Å²) in [5, 5.41) is 15.6. The Morgan fingerprint density at radius 3 is 2.38 bits per heavy atom. The molecule has 0 amide bonds. The van der Waals surface area contributed by atoms with Crippen molar-refractivity contribution in [1.29, 1.82) is 5.41 Å². The van der Waals surface area contributed by atoms with E-state index in [1.165, 1.54) is 24.3 Å². The first-order valence-electron chi connectivity index (χ1n) is 6.20. The largest absolute Gasteiger partial charge is 0.353 e. The summed E-state index contributed by atoms with van der Waals surface area (Å²) in [6.45, 7) is 3.31. The van der Waals surface area contributed by atoms with E-state index in [0.29, 0.717) is 18.0 Å². The number of hydrogen-bond acceptors (Lipinski definition) is 3. The zero-order valence-corrected chi connectivity index (χ0v) is 10.4. The molecule has 0 radical (unpaired) electrons. The molecule has 0 bridgehead atoms. The third-order valence-corrected chi connectivity index (χ3v) is 3.10. The van der Waals surface area contributed by atoms with E-state index in [0.717, 1.165) is 19.4 Å². The Hall–Kier alpha value is -0.810. The highest BCUT2D eigenvalue weighted by Crippen LogP contribution is 2.18. The van der Waals surface area contributed by atoms with E-state index in [1.807, 2.05) is 0 Å². The Labute approximate surface area is 98.2 Å². The Kier molecular flexibility index (Phi) is 5.55. The summed E-state index contributed by atoms with van der Waals surface area (Å²) in [4.78, 5) is 0. The summed E-state index contributed by atoms with van der Waals surface area (Å²) in [7, 11) is 1.68. The van der Waals surface area contributed by atoms with Gasteiger partial charge in [0.25, 0.3) is 0 Å². The van der Waals surface area contributed by atoms with Gasteiger partial charge < -0.3 is 10.6 Å². The smallest absolute Gasteiger partial charge is 0.205 e. The van der Waals surface area contributed by atoms with Gasteiger partial charge in [0.05, 0.1) is 0 Å². The molecule has 0 saturated heterocycles. The second-order valence-corrected chi connectivity index (χ2v) is 4.61. The van der Waals surface area contributed by atoms with Crippen molar-refractivity contribution in [3.8, 4) is 0 Å². The van der Waals surface area contributed by atoms with Crippen molar-refractivity contribution in [3.05, 3.63) is 0 Å². The van der Waals surface area contributed by atoms with Gasteiger partial charge in [0.15, 0.2) is 0 Å². The molecule has 0 aliphatic heterocycles. The molecule has 16 heavy (non-hydrogen) atoms. The summed E-state index contributed by atoms with van der Waals surface area (Å²) in [5.74, 6) is 5.79. The van der Waals surface area contributed by atoms with Gasteiger partial charge in [-0.15, -0.1) is 0 Å². The van der Waals surface area contributed by atoms with Crippen LogP contribution in [0, 0.1) is 5.41 Å². The van der Waals surface area contributed by atoms with E-state index in [1.54, 1.807) is 7.05 Å². The standard InChI is InChI=1S/C11H25N5/c1-3-8-14-9-4-6-10(7-5-9)15-11(12)16(2)13/h9-10,14H,3-8,13H2,1-2H3,(H2,12,15)/t9-,10-. The van der Waals surface area contributed by atoms with Crippen molar-refractivity contribution in [2.75, 3.05) is 13.6 Å². The third kappa shape index (κ3) is 4.37. The average Bonchev–Trinajstić information content (AvgIpc) is 2.28. The maximum Gasteiger partial charge on any atom is 0.205 e. The molecule has 0 aromatic carbocycles. The minimum atomic E-state index is 0.310. The first kappa shape index (κ1) is 13.3. The molecule has 1 rings (SSSR count). The first-order chi connectivity index (χ1) is 7.63. The quantitative estimate of drug-likeness (QED) is 0.246. The lowest BCUT2D eigenvalue weighted by Gasteiger charge is -2.31. The number of nitrogens with zero attached hydrogens (tertiary/aromatic N) is 1. The van der Waals surface area contributed by atoms with Crippen LogP contribution in [0.5, 0.6) is 0 Å². The van der Waals surface area contributed by atoms with Crippen molar-refractivity contribution < 1.29 is 0 Å². The predicted octanol–water partition coefficient (Wildman–Crippen LogP) is 0.627. The second kappa shape index (κ2) is 6.70. The minimum Gasteiger partial charge on any atom is -0.353 e. The van der Waals surface area contributed by atoms with Crippen LogP contribution in [0.15, 0.2) is 0 Å². The third-order valence-electron chi connectivity index (χ3n) is 3.10. The SMILES string of the molecule is CCCN[C@H]1CC[C@H](NC(=N)N(C)N)CC1. The van der Waals surface area contributed by atoms with Crippen LogP contribution in [0.2, 0.25) is 0 Å². The van der Waals surface area contributed by atoms with Gasteiger partial charge in [-0.2, -0.15) is 0 Å². The van der Waals surface area contributed by atoms with Crippen molar-refractivity contribution in [3.63, 3.8) is 0 Å². The highest BCUT2D eigenvalue weighted by atomic mass is 15.5. The molecule has 1 aliphatic carbocycles. The van der Waals surface area contributed by atoms with E-state index in [4.69, 9.17) is 11.3 Å². The van der Waals surface area contributed by atoms with Crippen LogP contribution >= 0.6 is 0 Å². The van der Waals surface area contributed by atoms with Gasteiger partial charge in [-0.1, -0.05) is 6.92 Å². The monoisotopic (exact) mass is 227 g/mol. The molecular formula is C11H25N5. The summed E-state index contributed by atoms with van der Waals surface area (Å²) in [6, 6.07) is 1.08. The van der Waals surface area contributed by atoms with Crippen molar-refractivity contribution in [2.45, 2.75) is 51.1 Å². The molecule has 5 nitrogen and oxygen atoms in total. The van der Waals surface area contributed by atoms with Gasteiger partial charge >= 0.3 is 0 Å². The number of rotatable bonds is 4. The van der Waals surface area contributed by atoms with Gasteiger partial charge in [0.2, 0.25) is 5.96 Å². The molecule has 1 aliphatic rings. The maximum absolute atomic E-state index is 7.61. The zero-order chi connectivity index (χ0) is 12.0. The van der Waals surface area contributed by atoms with Crippen LogP contribution in [0.1, 0.15) is 39.0 Å². The Balaban J connectivity index is 2.19. The van der Waals surface area contributed by atoms with Gasteiger partial charge in [-0.05, 0) is 38.6 Å². The number of guanidine groups is 1. The first-order valence-corrected chi connectivity index (χ1v) is 6.20. The highest BCUT2D eigenvalue weighted by molar-refractivity contribution is 5.75. The second-order valence-electron chi connectivity index (χ2n) is 4.61. The van der Waals surface area contributed by atoms with Crippen LogP contribution in [0.3, 0.4) is 0 Å². The van der Waals surface area contributed by atoms with Gasteiger partial charge in [-0.3, -0.25) is 10.4 Å². The molecular weight excluding hydrogens is 202 g/mol. The molecule has 5 heteroatoms. The van der Waals surface area contributed by atoms with Crippen molar-refractivity contribution in [2.24, 2.45) is 5.84 Å². The lowest BCUT2D eigenvalue weighted by Crippen LogP contribution is -2.49. The normalized spacial score (nSPS) is 25.2. The van der Waals surface area contributed by atoms with Crippen LogP contribution < -0.4 is 16.5 Å². The summed E-state index contributed by atoms with van der Waals surface area (Å²) in [6.07, 6.45) is 5.83. The van der Waals surface area contributed by atoms with Crippen LogP contribution in [0.4, 0.5) is 0 Å². The molecule has 1 saturated carbocycles. The number of nitrogens with one attached hydrogen (secondary N) is 3. The molecule has 1 fully saturated rings. The fourth-order valence-corrected chi connectivity index (χ4v) is 2.09. The molecule has 0 aromatic heterocycles. The molecule has 0 aromatic rings. The van der Waals surface area contributed by atoms with Gasteiger partial charge in [-0.25, -0.2) is 5.84 Å². The number of hydrogen-bond donors (Lipinski definition) is 4. The maximum atomic E-state index is 7.61. The Bertz CT molecular complexity index is 208. The fraction of sp³-hybridized carbons (Fsp3) is 0.909. The molecule has 5 N–H and O–H groups in total. The fourth-order valence-electron chi connectivity index (χ4n) is 2.09. The zero-order valence-electron chi connectivity index (χ0n) is 10.4. The minimum absolute atomic E-state index is 0.310. The topological polar surface area (TPSA) is 77.2 Å². The molecule has 0 unspecified atom stereocenters. The van der Waals surface area contributed by atoms with Crippen LogP contribution in [-0.4, -0.2) is 36.6 Å². The summed E-state index contributed by atoms with van der Waals surface area (Å²) >= 11 is 0. The molecule has 0 spiro atoms. The van der Waals surface area contributed by atoms with E-state index >= 15 is 0 Å². The predicted molar refractivity (Wildman–Crippen MR) is 67.2 cm³/mol. The lowest BCUT2D eigenvalue weighted by molar-refractivity contribution is 0.321. The summed E-state index contributed by atoms with van der Waals surface area (Å²) in [5.41, 5.74) is 0. The van der Waals surface area contributed by atoms with Crippen molar-refractivity contribution >= 4 is 5.96 Å². The van der Waals surface area contributed by atoms with E-state index < -0.39 is 0 Å². The van der Waals surface area contributed by atoms with Gasteiger partial charge in [0.1, 0.15) is 0 Å². The Morgan fingerprint density at radius 1 is 1.31 bits per heavy atom. The van der Waals surface area contributed by atoms with E-state index in [2.05, 4.69) is 17.6 Å². The average molecular weight is 227 g/mol. The van der Waals surface area contributed by atoms with Crippen LogP contribution in [-0.2, 0) is 0 Å². The highest BCUT2D eigenvalue weighted by Gasteiger charge is 2.21. The number of nitrogens with two attached hydrogens (primary N) is 1. The Morgan fingerprint density at radius 2 is 1.88 bits per heavy atom. The molecule has 0 heterocycles. The molecule has 94 valence electrons. The summed E-state index contributed by atoms with van der Waals surface area (Å²) < 4.78 is 0. The molecule has 0 atom stereocenters. The van der Waals surface area contributed by atoms with Gasteiger partial charge in [0, 0.05) is 19.1 Å².